The smallest absolute Gasteiger partial charge is 0.342 e. The lowest BCUT2D eigenvalue weighted by molar-refractivity contribution is -0.118. The van der Waals surface area contributed by atoms with E-state index in [1.165, 1.54) is 11.8 Å². The normalized spacial score (nSPS) is 17.1. The Morgan fingerprint density at radius 3 is 2.67 bits per heavy atom. The first-order valence-electron chi connectivity index (χ1n) is 6.43. The monoisotopic (exact) mass is 301 g/mol. The highest BCUT2D eigenvalue weighted by atomic mass is 35.5. The number of cyclic esters (lactones) is 1. The number of para-hydroxylation sites is 1. The Balaban J connectivity index is 2.14. The van der Waals surface area contributed by atoms with E-state index in [0.29, 0.717) is 21.8 Å². The number of hydrogen-bond donors (Lipinski definition) is 0. The largest absolute Gasteiger partial charge is 0.433 e. The summed E-state index contributed by atoms with van der Waals surface area (Å²) in [4.78, 5) is 25.6. The van der Waals surface area contributed by atoms with Gasteiger partial charge in [0, 0.05) is 17.5 Å². The highest BCUT2D eigenvalue weighted by molar-refractivity contribution is 6.30. The number of fused-ring (bicyclic) bond motifs is 1. The van der Waals surface area contributed by atoms with Crippen LogP contribution in [-0.2, 0) is 9.53 Å². The van der Waals surface area contributed by atoms with E-state index in [1.807, 2.05) is 0 Å². The first-order chi connectivity index (χ1) is 10.1. The predicted octanol–water partition coefficient (Wildman–Crippen LogP) is 3.56. The molecule has 2 aromatic carbocycles. The van der Waals surface area contributed by atoms with Crippen LogP contribution in [0.1, 0.15) is 29.1 Å². The van der Waals surface area contributed by atoms with Gasteiger partial charge in [-0.2, -0.15) is 0 Å². The van der Waals surface area contributed by atoms with Crippen molar-refractivity contribution in [2.24, 2.45) is 0 Å². The molecule has 2 aromatic rings. The van der Waals surface area contributed by atoms with Crippen molar-refractivity contribution in [1.82, 2.24) is 0 Å². The highest BCUT2D eigenvalue weighted by Crippen LogP contribution is 2.37. The fraction of sp³-hybridized carbons (Fsp3) is 0.125. The minimum Gasteiger partial charge on any atom is -0.433 e. The van der Waals surface area contributed by atoms with Crippen molar-refractivity contribution in [3.05, 3.63) is 64.7 Å². The summed E-state index contributed by atoms with van der Waals surface area (Å²) in [5.41, 5.74) is 1.58. The van der Waals surface area contributed by atoms with Crippen molar-refractivity contribution in [3.8, 4) is 0 Å². The molecular weight excluding hydrogens is 290 g/mol. The molecule has 21 heavy (non-hydrogen) atoms. The lowest BCUT2D eigenvalue weighted by atomic mass is 10.1. The van der Waals surface area contributed by atoms with Crippen LogP contribution in [0.25, 0.3) is 0 Å². The zero-order valence-electron chi connectivity index (χ0n) is 11.2. The van der Waals surface area contributed by atoms with Crippen LogP contribution in [0, 0.1) is 0 Å². The van der Waals surface area contributed by atoms with Crippen molar-refractivity contribution in [2.75, 3.05) is 4.90 Å². The lowest BCUT2D eigenvalue weighted by Gasteiger charge is -2.35. The Morgan fingerprint density at radius 1 is 1.19 bits per heavy atom. The Morgan fingerprint density at radius 2 is 1.95 bits per heavy atom. The molecule has 0 saturated heterocycles. The van der Waals surface area contributed by atoms with Crippen LogP contribution in [0.3, 0.4) is 0 Å². The van der Waals surface area contributed by atoms with Crippen molar-refractivity contribution < 1.29 is 14.3 Å². The molecule has 0 spiro atoms. The van der Waals surface area contributed by atoms with Crippen LogP contribution in [0.2, 0.25) is 5.02 Å². The Labute approximate surface area is 126 Å². The van der Waals surface area contributed by atoms with Gasteiger partial charge in [-0.1, -0.05) is 35.9 Å². The Bertz CT molecular complexity index is 729. The Hall–Kier alpha value is -2.33. The fourth-order valence-corrected chi connectivity index (χ4v) is 2.61. The number of rotatable bonds is 1. The molecule has 0 aliphatic carbocycles. The summed E-state index contributed by atoms with van der Waals surface area (Å²) < 4.78 is 5.44. The summed E-state index contributed by atoms with van der Waals surface area (Å²) in [6, 6.07) is 13.8. The number of anilines is 1. The Kier molecular flexibility index (Phi) is 3.39. The number of halogens is 1. The maximum absolute atomic E-state index is 12.1. The SMILES string of the molecule is CC(=O)N1c2ccccc2C(=O)OC1c1cccc(Cl)c1. The van der Waals surface area contributed by atoms with E-state index >= 15 is 0 Å². The zero-order valence-corrected chi connectivity index (χ0v) is 12.0. The van der Waals surface area contributed by atoms with E-state index < -0.39 is 12.2 Å². The van der Waals surface area contributed by atoms with E-state index in [1.54, 1.807) is 48.5 Å². The molecule has 1 amide bonds. The van der Waals surface area contributed by atoms with Gasteiger partial charge in [0.15, 0.2) is 0 Å². The molecule has 0 bridgehead atoms. The topological polar surface area (TPSA) is 46.6 Å². The summed E-state index contributed by atoms with van der Waals surface area (Å²) in [7, 11) is 0. The number of esters is 1. The molecule has 1 heterocycles. The minimum atomic E-state index is -0.802. The van der Waals surface area contributed by atoms with Gasteiger partial charge in [-0.25, -0.2) is 4.79 Å². The second-order valence-corrected chi connectivity index (χ2v) is 5.16. The van der Waals surface area contributed by atoms with Gasteiger partial charge in [-0.15, -0.1) is 0 Å². The third-order valence-corrected chi connectivity index (χ3v) is 3.54. The summed E-state index contributed by atoms with van der Waals surface area (Å²) >= 11 is 5.98. The van der Waals surface area contributed by atoms with Gasteiger partial charge in [0.1, 0.15) is 0 Å². The quantitative estimate of drug-likeness (QED) is 0.757. The molecular formula is C16H12ClNO3. The minimum absolute atomic E-state index is 0.208. The van der Waals surface area contributed by atoms with Crippen molar-refractivity contribution in [2.45, 2.75) is 13.2 Å². The van der Waals surface area contributed by atoms with E-state index in [0.717, 1.165) is 0 Å². The second-order valence-electron chi connectivity index (χ2n) is 4.72. The van der Waals surface area contributed by atoms with E-state index in [9.17, 15) is 9.59 Å². The predicted molar refractivity (Wildman–Crippen MR) is 79.2 cm³/mol. The summed E-state index contributed by atoms with van der Waals surface area (Å²) in [5, 5.41) is 0.519. The first kappa shape index (κ1) is 13.6. The molecule has 3 rings (SSSR count). The summed E-state index contributed by atoms with van der Waals surface area (Å²) in [6.07, 6.45) is -0.802. The van der Waals surface area contributed by atoms with Crippen molar-refractivity contribution in [1.29, 1.82) is 0 Å². The van der Waals surface area contributed by atoms with Crippen LogP contribution in [0.5, 0.6) is 0 Å². The molecule has 1 aliphatic heterocycles. The van der Waals surface area contributed by atoms with Gasteiger partial charge >= 0.3 is 5.97 Å². The van der Waals surface area contributed by atoms with Crippen molar-refractivity contribution >= 4 is 29.2 Å². The third-order valence-electron chi connectivity index (χ3n) is 3.31. The summed E-state index contributed by atoms with van der Waals surface area (Å²) in [5.74, 6) is -0.659. The number of carbonyl (C=O) groups is 2. The highest BCUT2D eigenvalue weighted by Gasteiger charge is 2.36. The van der Waals surface area contributed by atoms with Crippen LogP contribution in [0.4, 0.5) is 5.69 Å². The van der Waals surface area contributed by atoms with Gasteiger partial charge in [0.05, 0.1) is 11.3 Å². The van der Waals surface area contributed by atoms with E-state index in [-0.39, 0.29) is 5.91 Å². The third kappa shape index (κ3) is 2.38. The standard InChI is InChI=1S/C16H12ClNO3/c1-10(19)18-14-8-3-2-7-13(14)16(20)21-15(18)11-5-4-6-12(17)9-11/h2-9,15H,1H3. The molecule has 0 aromatic heterocycles. The van der Waals surface area contributed by atoms with Crippen LogP contribution in [0.15, 0.2) is 48.5 Å². The fourth-order valence-electron chi connectivity index (χ4n) is 2.41. The van der Waals surface area contributed by atoms with Gasteiger partial charge in [-0.05, 0) is 24.3 Å². The maximum atomic E-state index is 12.1. The molecule has 5 heteroatoms. The molecule has 0 fully saturated rings. The van der Waals surface area contributed by atoms with Gasteiger partial charge in [0.2, 0.25) is 12.1 Å². The molecule has 0 radical (unpaired) electrons. The van der Waals surface area contributed by atoms with E-state index in [4.69, 9.17) is 16.3 Å². The number of hydrogen-bond acceptors (Lipinski definition) is 3. The number of amides is 1. The zero-order chi connectivity index (χ0) is 15.0. The number of benzene rings is 2. The average Bonchev–Trinajstić information content (AvgIpc) is 2.46. The first-order valence-corrected chi connectivity index (χ1v) is 6.81. The second kappa shape index (κ2) is 5.22. The molecule has 1 unspecified atom stereocenters. The molecule has 0 saturated carbocycles. The summed E-state index contributed by atoms with van der Waals surface area (Å²) in [6.45, 7) is 1.44. The van der Waals surface area contributed by atoms with Gasteiger partial charge in [-0.3, -0.25) is 9.69 Å². The van der Waals surface area contributed by atoms with E-state index in [2.05, 4.69) is 0 Å². The molecule has 106 valence electrons. The van der Waals surface area contributed by atoms with Crippen LogP contribution >= 0.6 is 11.6 Å². The van der Waals surface area contributed by atoms with Gasteiger partial charge < -0.3 is 4.74 Å². The molecule has 4 nitrogen and oxygen atoms in total. The molecule has 1 aliphatic rings. The number of carbonyl (C=O) groups excluding carboxylic acids is 2. The number of nitrogens with zero attached hydrogens (tertiary/aromatic N) is 1. The average molecular weight is 302 g/mol. The van der Waals surface area contributed by atoms with Gasteiger partial charge in [0.25, 0.3) is 0 Å². The van der Waals surface area contributed by atoms with Crippen LogP contribution in [-0.4, -0.2) is 11.9 Å². The molecule has 0 N–H and O–H groups in total. The lowest BCUT2D eigenvalue weighted by Crippen LogP contribution is -2.40. The maximum Gasteiger partial charge on any atom is 0.342 e. The van der Waals surface area contributed by atoms with Crippen molar-refractivity contribution in [3.63, 3.8) is 0 Å². The van der Waals surface area contributed by atoms with Crippen LogP contribution < -0.4 is 4.90 Å². The molecule has 1 atom stereocenters. The number of ether oxygens (including phenoxy) is 1.